The van der Waals surface area contributed by atoms with Gasteiger partial charge in [0.15, 0.2) is 0 Å². The first-order valence-corrected chi connectivity index (χ1v) is 4.74. The van der Waals surface area contributed by atoms with Crippen LogP contribution in [0.1, 0.15) is 22.7 Å². The van der Waals surface area contributed by atoms with Crippen LogP contribution in [0.5, 0.6) is 0 Å². The van der Waals surface area contributed by atoms with Crippen molar-refractivity contribution in [3.05, 3.63) is 34.9 Å². The number of fused-ring (bicyclic) bond motifs is 1. The zero-order valence-corrected chi connectivity index (χ0v) is 8.08. The van der Waals surface area contributed by atoms with Gasteiger partial charge in [0.1, 0.15) is 6.04 Å². The minimum atomic E-state index is -0.796. The van der Waals surface area contributed by atoms with E-state index < -0.39 is 12.0 Å². The van der Waals surface area contributed by atoms with Gasteiger partial charge in [-0.05, 0) is 24.5 Å². The number of aryl methyl sites for hydroxylation is 1. The number of nitrogens with one attached hydrogen (secondary N) is 1. The van der Waals surface area contributed by atoms with Gasteiger partial charge in [0.05, 0.1) is 0 Å². The molecule has 1 aliphatic heterocycles. The molecule has 3 nitrogen and oxygen atoms in total. The van der Waals surface area contributed by atoms with Gasteiger partial charge < -0.3 is 10.4 Å². The minimum Gasteiger partial charge on any atom is -0.480 e. The molecule has 0 spiro atoms. The normalized spacial score (nSPS) is 20.2. The highest BCUT2D eigenvalue weighted by Crippen LogP contribution is 2.23. The Morgan fingerprint density at radius 1 is 1.57 bits per heavy atom. The zero-order chi connectivity index (χ0) is 10.1. The third kappa shape index (κ3) is 1.51. The van der Waals surface area contributed by atoms with E-state index in [-0.39, 0.29) is 0 Å². The van der Waals surface area contributed by atoms with E-state index in [4.69, 9.17) is 5.11 Å². The molecule has 1 aromatic carbocycles. The number of hydrogen-bond donors (Lipinski definition) is 2. The molecule has 2 N–H and O–H groups in total. The molecule has 0 amide bonds. The molecule has 0 saturated heterocycles. The first kappa shape index (κ1) is 9.21. The van der Waals surface area contributed by atoms with Crippen LogP contribution >= 0.6 is 0 Å². The summed E-state index contributed by atoms with van der Waals surface area (Å²) < 4.78 is 0. The van der Waals surface area contributed by atoms with Crippen LogP contribution in [0.2, 0.25) is 0 Å². The topological polar surface area (TPSA) is 49.3 Å². The second kappa shape index (κ2) is 3.42. The summed E-state index contributed by atoms with van der Waals surface area (Å²) in [5.74, 6) is -0.796. The third-order valence-electron chi connectivity index (χ3n) is 2.60. The molecule has 0 fully saturated rings. The van der Waals surface area contributed by atoms with Crippen molar-refractivity contribution in [2.45, 2.75) is 19.4 Å². The van der Waals surface area contributed by atoms with Gasteiger partial charge in [0.2, 0.25) is 0 Å². The lowest BCUT2D eigenvalue weighted by Gasteiger charge is -2.23. The standard InChI is InChI=1S/C11H13NO2/c1-7-2-3-9-8(6-7)4-5-12-10(9)11(13)14/h2-3,6,10,12H,4-5H2,1H3,(H,13,14)/t10-/m0/s1. The van der Waals surface area contributed by atoms with Crippen LogP contribution in [-0.2, 0) is 11.2 Å². The van der Waals surface area contributed by atoms with Gasteiger partial charge in [-0.1, -0.05) is 23.8 Å². The van der Waals surface area contributed by atoms with Gasteiger partial charge >= 0.3 is 5.97 Å². The minimum absolute atomic E-state index is 0.528. The number of carboxylic acid groups (broad SMARTS) is 1. The third-order valence-corrected chi connectivity index (χ3v) is 2.60. The molecule has 74 valence electrons. The first-order valence-electron chi connectivity index (χ1n) is 4.74. The molecule has 1 aromatic rings. The Kier molecular flexibility index (Phi) is 2.25. The molecule has 0 aromatic heterocycles. The van der Waals surface area contributed by atoms with Crippen LogP contribution in [0.15, 0.2) is 18.2 Å². The van der Waals surface area contributed by atoms with Crippen molar-refractivity contribution in [2.24, 2.45) is 0 Å². The largest absolute Gasteiger partial charge is 0.480 e. The molecule has 3 heteroatoms. The average molecular weight is 191 g/mol. The number of rotatable bonds is 1. The molecule has 0 aliphatic carbocycles. The Balaban J connectivity index is 2.44. The Labute approximate surface area is 82.8 Å². The van der Waals surface area contributed by atoms with Crippen molar-refractivity contribution in [3.8, 4) is 0 Å². The maximum Gasteiger partial charge on any atom is 0.325 e. The Morgan fingerprint density at radius 3 is 3.07 bits per heavy atom. The lowest BCUT2D eigenvalue weighted by molar-refractivity contribution is -0.139. The summed E-state index contributed by atoms with van der Waals surface area (Å²) >= 11 is 0. The monoisotopic (exact) mass is 191 g/mol. The second-order valence-corrected chi connectivity index (χ2v) is 3.68. The summed E-state index contributed by atoms with van der Waals surface area (Å²) in [5.41, 5.74) is 3.26. The highest BCUT2D eigenvalue weighted by Gasteiger charge is 2.25. The molecular formula is C11H13NO2. The summed E-state index contributed by atoms with van der Waals surface area (Å²) in [4.78, 5) is 10.9. The number of hydrogen-bond acceptors (Lipinski definition) is 2. The number of carboxylic acids is 1. The first-order chi connectivity index (χ1) is 6.68. The summed E-state index contributed by atoms with van der Waals surface area (Å²) in [5, 5.41) is 12.0. The number of benzene rings is 1. The number of aliphatic carboxylic acids is 1. The van der Waals surface area contributed by atoms with Crippen LogP contribution in [0.4, 0.5) is 0 Å². The highest BCUT2D eigenvalue weighted by atomic mass is 16.4. The molecule has 1 aliphatic rings. The zero-order valence-electron chi connectivity index (χ0n) is 8.08. The fourth-order valence-corrected chi connectivity index (χ4v) is 1.91. The molecule has 1 atom stereocenters. The summed E-state index contributed by atoms with van der Waals surface area (Å²) in [6, 6.07) is 5.42. The Bertz CT molecular complexity index is 374. The molecule has 2 rings (SSSR count). The molecule has 14 heavy (non-hydrogen) atoms. The van der Waals surface area contributed by atoms with E-state index in [0.717, 1.165) is 24.1 Å². The van der Waals surface area contributed by atoms with Gasteiger partial charge in [-0.3, -0.25) is 4.79 Å². The van der Waals surface area contributed by atoms with Gasteiger partial charge in [0, 0.05) is 6.54 Å². The molecule has 1 heterocycles. The van der Waals surface area contributed by atoms with Gasteiger partial charge in [-0.25, -0.2) is 0 Å². The summed E-state index contributed by atoms with van der Waals surface area (Å²) in [7, 11) is 0. The van der Waals surface area contributed by atoms with E-state index in [2.05, 4.69) is 11.4 Å². The van der Waals surface area contributed by atoms with Crippen molar-refractivity contribution < 1.29 is 9.90 Å². The molecule has 0 unspecified atom stereocenters. The summed E-state index contributed by atoms with van der Waals surface area (Å²) in [6.45, 7) is 2.77. The van der Waals surface area contributed by atoms with Gasteiger partial charge in [0.25, 0.3) is 0 Å². The molecular weight excluding hydrogens is 178 g/mol. The molecule has 0 bridgehead atoms. The van der Waals surface area contributed by atoms with Crippen molar-refractivity contribution in [3.63, 3.8) is 0 Å². The lowest BCUT2D eigenvalue weighted by atomic mass is 9.93. The van der Waals surface area contributed by atoms with Gasteiger partial charge in [-0.15, -0.1) is 0 Å². The van der Waals surface area contributed by atoms with Crippen molar-refractivity contribution >= 4 is 5.97 Å². The quantitative estimate of drug-likeness (QED) is 0.702. The van der Waals surface area contributed by atoms with Crippen LogP contribution in [-0.4, -0.2) is 17.6 Å². The molecule has 0 saturated carbocycles. The Morgan fingerprint density at radius 2 is 2.36 bits per heavy atom. The van der Waals surface area contributed by atoms with E-state index in [0.29, 0.717) is 0 Å². The Hall–Kier alpha value is -1.35. The molecule has 0 radical (unpaired) electrons. The fraction of sp³-hybridized carbons (Fsp3) is 0.364. The van der Waals surface area contributed by atoms with Crippen LogP contribution in [0.3, 0.4) is 0 Å². The van der Waals surface area contributed by atoms with E-state index in [1.807, 2.05) is 19.1 Å². The second-order valence-electron chi connectivity index (χ2n) is 3.68. The van der Waals surface area contributed by atoms with Crippen LogP contribution < -0.4 is 5.32 Å². The summed E-state index contributed by atoms with van der Waals surface area (Å²) in [6.07, 6.45) is 0.917. The van der Waals surface area contributed by atoms with Crippen molar-refractivity contribution in [1.29, 1.82) is 0 Å². The average Bonchev–Trinajstić information content (AvgIpc) is 2.16. The fourth-order valence-electron chi connectivity index (χ4n) is 1.91. The van der Waals surface area contributed by atoms with Gasteiger partial charge in [-0.2, -0.15) is 0 Å². The predicted octanol–water partition coefficient (Wildman–Crippen LogP) is 1.27. The lowest BCUT2D eigenvalue weighted by Crippen LogP contribution is -2.34. The maximum absolute atomic E-state index is 10.9. The van der Waals surface area contributed by atoms with Crippen LogP contribution in [0, 0.1) is 6.92 Å². The van der Waals surface area contributed by atoms with E-state index in [9.17, 15) is 4.79 Å². The van der Waals surface area contributed by atoms with E-state index >= 15 is 0 Å². The maximum atomic E-state index is 10.9. The van der Waals surface area contributed by atoms with E-state index in [1.54, 1.807) is 0 Å². The number of carbonyl (C=O) groups is 1. The predicted molar refractivity (Wildman–Crippen MR) is 53.3 cm³/mol. The highest BCUT2D eigenvalue weighted by molar-refractivity contribution is 5.76. The van der Waals surface area contributed by atoms with Crippen molar-refractivity contribution in [2.75, 3.05) is 6.54 Å². The van der Waals surface area contributed by atoms with Crippen LogP contribution in [0.25, 0.3) is 0 Å². The smallest absolute Gasteiger partial charge is 0.325 e. The SMILES string of the molecule is Cc1ccc2c(c1)CCN[C@@H]2C(=O)O. The van der Waals surface area contributed by atoms with Crippen molar-refractivity contribution in [1.82, 2.24) is 5.32 Å². The van der Waals surface area contributed by atoms with E-state index in [1.165, 1.54) is 5.56 Å².